The number of hydrogen-bond donors (Lipinski definition) is 0. The van der Waals surface area contributed by atoms with Gasteiger partial charge in [0.25, 0.3) is 0 Å². The Labute approximate surface area is 105 Å². The summed E-state index contributed by atoms with van der Waals surface area (Å²) in [6.45, 7) is 2.16. The minimum absolute atomic E-state index is 0.182. The maximum atomic E-state index is 11.8. The summed E-state index contributed by atoms with van der Waals surface area (Å²) >= 11 is 0. The Morgan fingerprint density at radius 2 is 1.59 bits per heavy atom. The zero-order valence-electron chi connectivity index (χ0n) is 10.6. The molecular weight excluding hydrogens is 232 g/mol. The first-order chi connectivity index (χ1) is 8.14. The highest BCUT2D eigenvalue weighted by molar-refractivity contribution is 7.90. The number of hydrogen-bond acceptors (Lipinski definition) is 2. The van der Waals surface area contributed by atoms with Crippen molar-refractivity contribution in [1.29, 1.82) is 0 Å². The van der Waals surface area contributed by atoms with E-state index in [9.17, 15) is 8.42 Å². The molecule has 1 rings (SSSR count). The molecular formula is C14H22O2S. The molecule has 3 heteroatoms. The van der Waals surface area contributed by atoms with Crippen molar-refractivity contribution in [3.05, 3.63) is 35.9 Å². The third-order valence-corrected chi connectivity index (χ3v) is 4.47. The second-order valence-electron chi connectivity index (χ2n) is 4.49. The molecule has 0 aromatic heterocycles. The fourth-order valence-corrected chi connectivity index (χ4v) is 3.31. The first-order valence-electron chi connectivity index (χ1n) is 6.38. The highest BCUT2D eigenvalue weighted by Crippen LogP contribution is 2.10. The van der Waals surface area contributed by atoms with Crippen molar-refractivity contribution in [3.8, 4) is 0 Å². The quantitative estimate of drug-likeness (QED) is 0.665. The van der Waals surface area contributed by atoms with Crippen molar-refractivity contribution < 1.29 is 8.42 Å². The van der Waals surface area contributed by atoms with Gasteiger partial charge in [0.15, 0.2) is 9.84 Å². The fourth-order valence-electron chi connectivity index (χ4n) is 1.83. The molecule has 2 nitrogen and oxygen atoms in total. The molecule has 0 saturated heterocycles. The summed E-state index contributed by atoms with van der Waals surface area (Å²) in [4.78, 5) is 0. The standard InChI is InChI=1S/C14H22O2S/c1-2-3-4-5-9-12-17(15,16)13-14-10-7-6-8-11-14/h6-8,10-11H,2-5,9,12-13H2,1H3. The molecule has 1 aromatic carbocycles. The van der Waals surface area contributed by atoms with E-state index in [0.29, 0.717) is 5.75 Å². The first-order valence-corrected chi connectivity index (χ1v) is 8.20. The molecule has 0 radical (unpaired) electrons. The second kappa shape index (κ2) is 7.49. The molecule has 0 aliphatic rings. The van der Waals surface area contributed by atoms with Gasteiger partial charge < -0.3 is 0 Å². The predicted molar refractivity (Wildman–Crippen MR) is 72.7 cm³/mol. The third kappa shape index (κ3) is 6.47. The minimum atomic E-state index is -2.92. The highest BCUT2D eigenvalue weighted by Gasteiger charge is 2.10. The van der Waals surface area contributed by atoms with E-state index >= 15 is 0 Å². The van der Waals surface area contributed by atoms with Crippen LogP contribution in [0.15, 0.2) is 30.3 Å². The molecule has 0 heterocycles. The van der Waals surface area contributed by atoms with E-state index in [4.69, 9.17) is 0 Å². The van der Waals surface area contributed by atoms with Crippen LogP contribution < -0.4 is 0 Å². The van der Waals surface area contributed by atoms with E-state index in [1.54, 1.807) is 0 Å². The highest BCUT2D eigenvalue weighted by atomic mass is 32.2. The van der Waals surface area contributed by atoms with Crippen molar-refractivity contribution in [2.24, 2.45) is 0 Å². The summed E-state index contributed by atoms with van der Waals surface area (Å²) in [5.41, 5.74) is 0.890. The number of rotatable bonds is 8. The lowest BCUT2D eigenvalue weighted by Crippen LogP contribution is -2.09. The molecule has 0 spiro atoms. The van der Waals surface area contributed by atoms with Crippen LogP contribution in [-0.4, -0.2) is 14.2 Å². The van der Waals surface area contributed by atoms with Gasteiger partial charge in [0.2, 0.25) is 0 Å². The van der Waals surface area contributed by atoms with Crippen molar-refractivity contribution in [2.45, 2.75) is 44.8 Å². The van der Waals surface area contributed by atoms with Gasteiger partial charge in [-0.05, 0) is 12.0 Å². The zero-order chi connectivity index (χ0) is 12.6. The van der Waals surface area contributed by atoms with E-state index in [1.807, 2.05) is 30.3 Å². The van der Waals surface area contributed by atoms with E-state index in [0.717, 1.165) is 24.8 Å². The van der Waals surface area contributed by atoms with Gasteiger partial charge in [-0.2, -0.15) is 0 Å². The molecule has 0 atom stereocenters. The SMILES string of the molecule is CCCCCCCS(=O)(=O)Cc1ccccc1. The molecule has 1 aromatic rings. The molecule has 0 fully saturated rings. The van der Waals surface area contributed by atoms with Crippen LogP contribution in [0.2, 0.25) is 0 Å². The Morgan fingerprint density at radius 3 is 2.24 bits per heavy atom. The lowest BCUT2D eigenvalue weighted by atomic mass is 10.2. The second-order valence-corrected chi connectivity index (χ2v) is 6.68. The smallest absolute Gasteiger partial charge is 0.154 e. The third-order valence-electron chi connectivity index (χ3n) is 2.79. The van der Waals surface area contributed by atoms with Crippen molar-refractivity contribution in [3.63, 3.8) is 0 Å². The average Bonchev–Trinajstić information content (AvgIpc) is 2.29. The molecule has 0 aliphatic heterocycles. The Kier molecular flexibility index (Phi) is 6.27. The number of unbranched alkanes of at least 4 members (excludes halogenated alkanes) is 4. The molecule has 17 heavy (non-hydrogen) atoms. The van der Waals surface area contributed by atoms with Crippen LogP contribution in [0.1, 0.15) is 44.6 Å². The van der Waals surface area contributed by atoms with Crippen LogP contribution in [-0.2, 0) is 15.6 Å². The maximum Gasteiger partial charge on any atom is 0.154 e. The van der Waals surface area contributed by atoms with E-state index in [2.05, 4.69) is 6.92 Å². The molecule has 0 amide bonds. The van der Waals surface area contributed by atoms with Gasteiger partial charge in [-0.3, -0.25) is 0 Å². The van der Waals surface area contributed by atoms with Crippen LogP contribution in [0.5, 0.6) is 0 Å². The molecule has 96 valence electrons. The van der Waals surface area contributed by atoms with Crippen LogP contribution in [0, 0.1) is 0 Å². The Hall–Kier alpha value is -0.830. The van der Waals surface area contributed by atoms with E-state index in [1.165, 1.54) is 12.8 Å². The normalized spacial score (nSPS) is 11.6. The molecule has 0 bridgehead atoms. The van der Waals surface area contributed by atoms with E-state index in [-0.39, 0.29) is 5.75 Å². The Balaban J connectivity index is 2.32. The van der Waals surface area contributed by atoms with Gasteiger partial charge in [0.1, 0.15) is 0 Å². The summed E-state index contributed by atoms with van der Waals surface area (Å²) in [7, 11) is -2.92. The van der Waals surface area contributed by atoms with E-state index < -0.39 is 9.84 Å². The van der Waals surface area contributed by atoms with Crippen molar-refractivity contribution in [1.82, 2.24) is 0 Å². The molecule has 0 unspecified atom stereocenters. The van der Waals surface area contributed by atoms with Gasteiger partial charge in [-0.25, -0.2) is 8.42 Å². The van der Waals surface area contributed by atoms with Gasteiger partial charge in [-0.1, -0.05) is 62.9 Å². The predicted octanol–water partition coefficient (Wildman–Crippen LogP) is 3.57. The summed E-state index contributed by atoms with van der Waals surface area (Å²) in [5.74, 6) is 0.507. The summed E-state index contributed by atoms with van der Waals surface area (Å²) < 4.78 is 23.7. The largest absolute Gasteiger partial charge is 0.228 e. The number of sulfone groups is 1. The Morgan fingerprint density at radius 1 is 0.941 bits per heavy atom. The van der Waals surface area contributed by atoms with Gasteiger partial charge in [0, 0.05) is 0 Å². The average molecular weight is 254 g/mol. The van der Waals surface area contributed by atoms with Gasteiger partial charge >= 0.3 is 0 Å². The molecule has 0 saturated carbocycles. The Bertz CT molecular complexity index is 395. The van der Waals surface area contributed by atoms with Gasteiger partial charge in [-0.15, -0.1) is 0 Å². The minimum Gasteiger partial charge on any atom is -0.228 e. The first kappa shape index (κ1) is 14.2. The monoisotopic (exact) mass is 254 g/mol. The summed E-state index contributed by atoms with van der Waals surface area (Å²) in [5, 5.41) is 0. The lowest BCUT2D eigenvalue weighted by Gasteiger charge is -2.04. The van der Waals surface area contributed by atoms with Crippen LogP contribution >= 0.6 is 0 Å². The van der Waals surface area contributed by atoms with Crippen molar-refractivity contribution in [2.75, 3.05) is 5.75 Å². The lowest BCUT2D eigenvalue weighted by molar-refractivity contribution is 0.586. The fraction of sp³-hybridized carbons (Fsp3) is 0.571. The van der Waals surface area contributed by atoms with Gasteiger partial charge in [0.05, 0.1) is 11.5 Å². The zero-order valence-corrected chi connectivity index (χ0v) is 11.4. The topological polar surface area (TPSA) is 34.1 Å². The summed E-state index contributed by atoms with van der Waals surface area (Å²) in [6, 6.07) is 9.41. The molecule has 0 aliphatic carbocycles. The van der Waals surface area contributed by atoms with Crippen molar-refractivity contribution >= 4 is 9.84 Å². The number of benzene rings is 1. The van der Waals surface area contributed by atoms with Crippen LogP contribution in [0.3, 0.4) is 0 Å². The van der Waals surface area contributed by atoms with Crippen LogP contribution in [0.25, 0.3) is 0 Å². The maximum absolute atomic E-state index is 11.8. The van der Waals surface area contributed by atoms with Crippen LogP contribution in [0.4, 0.5) is 0 Å². The molecule has 0 N–H and O–H groups in total. The summed E-state index contributed by atoms with van der Waals surface area (Å²) in [6.07, 6.45) is 5.38.